The van der Waals surface area contributed by atoms with Crippen molar-refractivity contribution in [2.75, 3.05) is 0 Å². The largest absolute Gasteiger partial charge is 0.508 e. The van der Waals surface area contributed by atoms with Crippen LogP contribution in [0.3, 0.4) is 0 Å². The molecule has 10 unspecified atom stereocenters. The van der Waals surface area contributed by atoms with E-state index in [0.29, 0.717) is 60.8 Å². The van der Waals surface area contributed by atoms with Crippen molar-refractivity contribution >= 4 is 69.4 Å². The van der Waals surface area contributed by atoms with Crippen LogP contribution >= 0.6 is 0 Å². The second kappa shape index (κ2) is 47.4. The highest BCUT2D eigenvalue weighted by Gasteiger charge is 2.49. The first-order chi connectivity index (χ1) is 66.5. The minimum Gasteiger partial charge on any atom is -0.508 e. The van der Waals surface area contributed by atoms with Crippen LogP contribution < -0.4 is 0 Å². The molecule has 736 valence electrons. The van der Waals surface area contributed by atoms with Crippen LogP contribution in [0.2, 0.25) is 0 Å². The lowest BCUT2D eigenvalue weighted by Gasteiger charge is -2.19. The summed E-state index contributed by atoms with van der Waals surface area (Å²) in [5.74, 6) is -11.4. The highest BCUT2D eigenvalue weighted by atomic mass is 19.3. The van der Waals surface area contributed by atoms with Gasteiger partial charge < -0.3 is 5.11 Å². The summed E-state index contributed by atoms with van der Waals surface area (Å²) in [6.45, 7) is 37.6. The van der Waals surface area contributed by atoms with E-state index in [4.69, 9.17) is 0 Å². The van der Waals surface area contributed by atoms with E-state index in [-0.39, 0.29) is 124 Å². The molecule has 0 amide bonds. The van der Waals surface area contributed by atoms with Crippen LogP contribution in [-0.4, -0.2) is 68.7 Å². The molecule has 0 aromatic heterocycles. The van der Waals surface area contributed by atoms with Crippen LogP contribution in [0.25, 0.3) is 5.76 Å². The summed E-state index contributed by atoms with van der Waals surface area (Å²) in [4.78, 5) is 142. The Hall–Kier alpha value is -12.2. The van der Waals surface area contributed by atoms with Crippen molar-refractivity contribution in [2.45, 2.75) is 294 Å². The van der Waals surface area contributed by atoms with E-state index >= 15 is 0 Å². The maximum Gasteiger partial charge on any atom is 0.270 e. The number of carbonyl (C=O) groups excluding carboxylic acids is 11. The summed E-state index contributed by atoms with van der Waals surface area (Å²) in [6.07, 6.45) is 11.2. The van der Waals surface area contributed by atoms with Crippen molar-refractivity contribution in [3.8, 4) is 0 Å². The topological polar surface area (TPSA) is 208 Å². The fourth-order valence-corrected chi connectivity index (χ4v) is 21.9. The molecule has 0 radical (unpaired) electrons. The number of halogens is 5. The number of rotatable bonds is 29. The highest BCUT2D eigenvalue weighted by molar-refractivity contribution is 6.18. The van der Waals surface area contributed by atoms with Gasteiger partial charge in [0.25, 0.3) is 11.8 Å². The molecule has 10 aromatic carbocycles. The molecule has 5 aliphatic carbocycles. The van der Waals surface area contributed by atoms with E-state index in [9.17, 15) is 79.8 Å². The number of aliphatic hydroxyl groups excluding tert-OH is 1. The van der Waals surface area contributed by atoms with Crippen molar-refractivity contribution in [1.29, 1.82) is 0 Å². The lowest BCUT2D eigenvalue weighted by atomic mass is 9.83. The van der Waals surface area contributed by atoms with Gasteiger partial charge in [-0.3, -0.25) is 52.7 Å². The number of hydrogen-bond donors (Lipinski definition) is 1. The standard InChI is InChI=1S/2C25H28F2O2.2C25H28O3.C23H25FO2/c1-5-17-11-15(3)12-18(6-2)22(17)23-21(28)14-19(24(23)29)13-16-7-9-20(10-8-16)25(4,26)27;1-5-17-10-15(3)11-18(6-2)22(17)23-21(28)14-19(24(23)29)12-16-8-7-9-20(13-16)25(4,26)27;1-5-18-11-15(3)12-19(6-2)23(18)24-22(27)14-21(25(24)28)13-17-7-9-20(10-8-17)16(4)26;1-5-18-10-15(3)11-19(6-2)23(18)24-22(27)14-21(25(24)28)13-17-8-7-9-20(12-17)16(4)26;1-4-15-10-14(3)11-16(5-2)21(15)22-20(25)13-18(23(22)26)12-17-8-6-7-9-19(17)24/h7-12,19,23H,5-6,13-14H2,1-4H3;7-11,13,19,23H,5-6,12,14H2,1-4H3;7-12,21,24H,5-6,13-14H2,1-4H3;7-12,21,24,26H,4-6,13-14H2,1-3H3;6-11,18,22H,4-5,12-13H2,1-3H3. The quantitative estimate of drug-likeness (QED) is 0.0201. The average Bonchev–Trinajstić information content (AvgIpc) is 1.63. The van der Waals surface area contributed by atoms with Gasteiger partial charge in [0.2, 0.25) is 0 Å². The molecule has 10 atom stereocenters. The Bertz CT molecular complexity index is 6230. The van der Waals surface area contributed by atoms with E-state index in [1.54, 1.807) is 60.7 Å². The Kier molecular flexibility index (Phi) is 36.6. The third kappa shape index (κ3) is 25.2. The number of hydrogen-bond acceptors (Lipinski definition) is 12. The molecule has 5 aliphatic rings. The van der Waals surface area contributed by atoms with Crippen molar-refractivity contribution in [1.82, 2.24) is 0 Å². The van der Waals surface area contributed by atoms with Crippen LogP contribution in [0, 0.1) is 70.0 Å². The van der Waals surface area contributed by atoms with Crippen LogP contribution in [0.5, 0.6) is 0 Å². The van der Waals surface area contributed by atoms with Gasteiger partial charge in [0.15, 0.2) is 34.7 Å². The van der Waals surface area contributed by atoms with Gasteiger partial charge in [-0.1, -0.05) is 267 Å². The Morgan fingerprint density at radius 1 is 0.300 bits per heavy atom. The zero-order valence-corrected chi connectivity index (χ0v) is 84.8. The number of aliphatic hydroxyl groups is 1. The summed E-state index contributed by atoms with van der Waals surface area (Å²) in [6, 6.07) is 54.4. The van der Waals surface area contributed by atoms with E-state index in [1.165, 1.54) is 48.4 Å². The number of ketones is 11. The SMILES string of the molecule is C=C(O)c1cccc(CC2CC(=O)C(c3c(CC)cc(C)cc3CC)C2=O)c1.CCc1cc(C)cc(CC)c1C1C(=O)CC(Cc2ccc(C(C)(F)F)cc2)C1=O.CCc1cc(C)cc(CC)c1C1C(=O)CC(Cc2ccc(C(C)=O)cc2)C1=O.CCc1cc(C)cc(CC)c1C1C(=O)CC(Cc2cccc(C(C)(F)F)c2)C1=O.CCc1cc(C)cc(CC)c1C1C(=O)CC(Cc2ccccc2F)C1=O. The number of aryl methyl sites for hydroxylation is 15. The highest BCUT2D eigenvalue weighted by Crippen LogP contribution is 2.46. The van der Waals surface area contributed by atoms with Crippen LogP contribution in [-0.2, 0) is 156 Å². The minimum atomic E-state index is -2.93. The summed E-state index contributed by atoms with van der Waals surface area (Å²) >= 11 is 0. The summed E-state index contributed by atoms with van der Waals surface area (Å²) in [7, 11) is 0. The first-order valence-corrected chi connectivity index (χ1v) is 50.2. The number of alkyl halides is 4. The molecule has 0 aliphatic heterocycles. The van der Waals surface area contributed by atoms with Crippen molar-refractivity contribution in [3.63, 3.8) is 0 Å². The van der Waals surface area contributed by atoms with Gasteiger partial charge in [-0.05, 0) is 267 Å². The monoisotopic (exact) mass is 1900 g/mol. The van der Waals surface area contributed by atoms with E-state index in [2.05, 4.69) is 123 Å². The van der Waals surface area contributed by atoms with Gasteiger partial charge in [-0.25, -0.2) is 22.0 Å². The molecule has 0 saturated heterocycles. The van der Waals surface area contributed by atoms with Gasteiger partial charge in [0.05, 0.1) is 0 Å². The molecule has 0 heterocycles. The van der Waals surface area contributed by atoms with Gasteiger partial charge in [-0.2, -0.15) is 0 Å². The zero-order chi connectivity index (χ0) is 102. The molecule has 1 N–H and O–H groups in total. The normalized spacial score (nSPS) is 19.6. The lowest BCUT2D eigenvalue weighted by Crippen LogP contribution is -2.20. The second-order valence-corrected chi connectivity index (χ2v) is 39.2. The fraction of sp³-hybridized carbons (Fsp3) is 0.407. The molecule has 0 spiro atoms. The first-order valence-electron chi connectivity index (χ1n) is 50.2. The summed E-state index contributed by atoms with van der Waals surface area (Å²) < 4.78 is 68.1. The summed E-state index contributed by atoms with van der Waals surface area (Å²) in [5, 5.41) is 9.62. The van der Waals surface area contributed by atoms with Gasteiger partial charge >= 0.3 is 0 Å². The Morgan fingerprint density at radius 3 is 0.807 bits per heavy atom. The molecule has 17 heteroatoms. The number of carbonyl (C=O) groups is 11. The van der Waals surface area contributed by atoms with E-state index in [0.717, 1.165) is 195 Å². The van der Waals surface area contributed by atoms with Crippen LogP contribution in [0.1, 0.15) is 318 Å². The molecule has 10 aromatic rings. The Labute approximate surface area is 824 Å². The maximum atomic E-state index is 14.0. The molecule has 5 saturated carbocycles. The Morgan fingerprint density at radius 2 is 0.550 bits per heavy atom. The molecule has 140 heavy (non-hydrogen) atoms. The van der Waals surface area contributed by atoms with Crippen molar-refractivity contribution in [3.05, 3.63) is 356 Å². The van der Waals surface area contributed by atoms with Crippen molar-refractivity contribution < 1.29 is 79.8 Å². The molecule has 5 fully saturated rings. The lowest BCUT2D eigenvalue weighted by molar-refractivity contribution is -0.126. The van der Waals surface area contributed by atoms with Gasteiger partial charge in [-0.15, -0.1) is 0 Å². The predicted molar refractivity (Wildman–Crippen MR) is 545 cm³/mol. The minimum absolute atomic E-state index is 0.00776. The fourth-order valence-electron chi connectivity index (χ4n) is 21.9. The van der Waals surface area contributed by atoms with E-state index < -0.39 is 59.2 Å². The zero-order valence-electron chi connectivity index (χ0n) is 84.8. The molecular weight excluding hydrogens is 1760 g/mol. The number of Topliss-reactive ketones (excluding diaryl/α,β-unsaturated/α-hetero) is 11. The molecule has 0 bridgehead atoms. The predicted octanol–water partition coefficient (Wildman–Crippen LogP) is 26.1. The maximum absolute atomic E-state index is 14.0. The number of benzene rings is 10. The second-order valence-electron chi connectivity index (χ2n) is 39.2. The first kappa shape index (κ1) is 108. The molecule has 15 rings (SSSR count). The smallest absolute Gasteiger partial charge is 0.270 e. The average molecular weight is 1900 g/mol. The van der Waals surface area contributed by atoms with Gasteiger partial charge in [0.1, 0.15) is 70.1 Å². The Balaban J connectivity index is 0.000000167. The van der Waals surface area contributed by atoms with E-state index in [1.807, 2.05) is 78.8 Å². The van der Waals surface area contributed by atoms with Gasteiger partial charge in [0, 0.05) is 97.8 Å². The summed E-state index contributed by atoms with van der Waals surface area (Å²) in [5.41, 5.74) is 26.4. The third-order valence-corrected chi connectivity index (χ3v) is 28.9. The van der Waals surface area contributed by atoms with Crippen molar-refractivity contribution in [2.24, 2.45) is 29.6 Å². The third-order valence-electron chi connectivity index (χ3n) is 28.9. The molecule has 12 nitrogen and oxygen atoms in total. The molecular formula is C123H137F5O12. The van der Waals surface area contributed by atoms with Crippen LogP contribution in [0.15, 0.2) is 189 Å². The van der Waals surface area contributed by atoms with Crippen LogP contribution in [0.4, 0.5) is 22.0 Å².